The summed E-state index contributed by atoms with van der Waals surface area (Å²) in [6.07, 6.45) is 6.78. The maximum absolute atomic E-state index is 3.69. The van der Waals surface area contributed by atoms with E-state index < -0.39 is 0 Å². The lowest BCUT2D eigenvalue weighted by atomic mass is 9.69. The van der Waals surface area contributed by atoms with Crippen molar-refractivity contribution >= 4 is 0 Å². The summed E-state index contributed by atoms with van der Waals surface area (Å²) in [5, 5.41) is 3.69. The quantitative estimate of drug-likeness (QED) is 0.815. The topological polar surface area (TPSA) is 12.0 Å². The summed E-state index contributed by atoms with van der Waals surface area (Å²) in [4.78, 5) is 0. The van der Waals surface area contributed by atoms with E-state index in [1.165, 1.54) is 37.8 Å². The van der Waals surface area contributed by atoms with E-state index >= 15 is 0 Å². The van der Waals surface area contributed by atoms with E-state index in [0.717, 1.165) is 24.3 Å². The second kappa shape index (κ2) is 4.81. The summed E-state index contributed by atoms with van der Waals surface area (Å²) in [6, 6.07) is 10.1. The van der Waals surface area contributed by atoms with Gasteiger partial charge in [0.25, 0.3) is 0 Å². The largest absolute Gasteiger partial charge is 0.314 e. The van der Waals surface area contributed by atoms with Gasteiger partial charge < -0.3 is 5.32 Å². The number of hydrogen-bond donors (Lipinski definition) is 1. The minimum Gasteiger partial charge on any atom is -0.314 e. The van der Waals surface area contributed by atoms with Gasteiger partial charge in [-0.05, 0) is 61.6 Å². The Morgan fingerprint density at radius 2 is 2.06 bits per heavy atom. The van der Waals surface area contributed by atoms with E-state index in [2.05, 4.69) is 36.5 Å². The standard InChI is InChI=1S/C16H23N/c1-2-12-4-3-5-13(10-12)16-9-6-14(16)11-17-15-7-8-15/h3-5,10,14-17H,2,6-9,11H2,1H3. The van der Waals surface area contributed by atoms with Gasteiger partial charge in [0.15, 0.2) is 0 Å². The molecule has 0 aromatic heterocycles. The molecule has 1 N–H and O–H groups in total. The number of aryl methyl sites for hydroxylation is 1. The molecule has 92 valence electrons. The van der Waals surface area contributed by atoms with Crippen molar-refractivity contribution in [1.82, 2.24) is 5.32 Å². The SMILES string of the molecule is CCc1cccc(C2CCC2CNC2CC2)c1. The van der Waals surface area contributed by atoms with Gasteiger partial charge in [-0.2, -0.15) is 0 Å². The fraction of sp³-hybridized carbons (Fsp3) is 0.625. The maximum atomic E-state index is 3.69. The van der Waals surface area contributed by atoms with Crippen LogP contribution in [0.3, 0.4) is 0 Å². The second-order valence-electron chi connectivity index (χ2n) is 5.73. The minimum absolute atomic E-state index is 0.827. The molecule has 1 heteroatoms. The molecule has 0 saturated heterocycles. The molecule has 2 fully saturated rings. The van der Waals surface area contributed by atoms with Gasteiger partial charge in [0.2, 0.25) is 0 Å². The van der Waals surface area contributed by atoms with Gasteiger partial charge in [0, 0.05) is 6.04 Å². The van der Waals surface area contributed by atoms with Gasteiger partial charge in [0.1, 0.15) is 0 Å². The Kier molecular flexibility index (Phi) is 3.19. The van der Waals surface area contributed by atoms with E-state index in [1.54, 1.807) is 5.56 Å². The van der Waals surface area contributed by atoms with Gasteiger partial charge in [-0.1, -0.05) is 31.2 Å². The number of hydrogen-bond acceptors (Lipinski definition) is 1. The van der Waals surface area contributed by atoms with Crippen LogP contribution >= 0.6 is 0 Å². The Hall–Kier alpha value is -0.820. The Morgan fingerprint density at radius 1 is 1.18 bits per heavy atom. The Bertz CT molecular complexity index is 381. The van der Waals surface area contributed by atoms with E-state index in [1.807, 2.05) is 0 Å². The third kappa shape index (κ3) is 2.55. The third-order valence-corrected chi connectivity index (χ3v) is 4.45. The Balaban J connectivity index is 1.61. The first kappa shape index (κ1) is 11.3. The Morgan fingerprint density at radius 3 is 2.71 bits per heavy atom. The average Bonchev–Trinajstić information content (AvgIpc) is 3.12. The zero-order valence-electron chi connectivity index (χ0n) is 10.8. The van der Waals surface area contributed by atoms with Crippen molar-refractivity contribution in [3.63, 3.8) is 0 Å². The molecular formula is C16H23N. The maximum Gasteiger partial charge on any atom is 0.00683 e. The second-order valence-corrected chi connectivity index (χ2v) is 5.73. The highest BCUT2D eigenvalue weighted by atomic mass is 14.9. The molecule has 2 unspecified atom stereocenters. The van der Waals surface area contributed by atoms with Crippen molar-refractivity contribution in [2.24, 2.45) is 5.92 Å². The lowest BCUT2D eigenvalue weighted by Gasteiger charge is -2.37. The molecule has 2 saturated carbocycles. The first-order valence-corrected chi connectivity index (χ1v) is 7.19. The van der Waals surface area contributed by atoms with Crippen molar-refractivity contribution < 1.29 is 0 Å². The Labute approximate surface area is 105 Å². The molecule has 0 aliphatic heterocycles. The van der Waals surface area contributed by atoms with Crippen LogP contribution in [0.5, 0.6) is 0 Å². The van der Waals surface area contributed by atoms with Gasteiger partial charge in [-0.15, -0.1) is 0 Å². The molecule has 0 amide bonds. The minimum atomic E-state index is 0.827. The summed E-state index contributed by atoms with van der Waals surface area (Å²) in [5.41, 5.74) is 3.07. The van der Waals surface area contributed by atoms with Crippen LogP contribution in [-0.4, -0.2) is 12.6 Å². The molecule has 1 aromatic carbocycles. The van der Waals surface area contributed by atoms with Gasteiger partial charge in [-0.25, -0.2) is 0 Å². The van der Waals surface area contributed by atoms with Crippen LogP contribution in [0.25, 0.3) is 0 Å². The zero-order valence-corrected chi connectivity index (χ0v) is 10.8. The van der Waals surface area contributed by atoms with E-state index in [0.29, 0.717) is 0 Å². The van der Waals surface area contributed by atoms with Crippen molar-refractivity contribution in [3.8, 4) is 0 Å². The molecule has 2 aliphatic rings. The summed E-state index contributed by atoms with van der Waals surface area (Å²) < 4.78 is 0. The molecule has 0 radical (unpaired) electrons. The summed E-state index contributed by atoms with van der Waals surface area (Å²) in [7, 11) is 0. The van der Waals surface area contributed by atoms with Crippen molar-refractivity contribution in [3.05, 3.63) is 35.4 Å². The fourth-order valence-corrected chi connectivity index (χ4v) is 2.90. The van der Waals surface area contributed by atoms with Gasteiger partial charge in [0.05, 0.1) is 0 Å². The zero-order chi connectivity index (χ0) is 11.7. The number of rotatable bonds is 5. The van der Waals surface area contributed by atoms with Gasteiger partial charge >= 0.3 is 0 Å². The van der Waals surface area contributed by atoms with Crippen LogP contribution in [0.1, 0.15) is 49.7 Å². The third-order valence-electron chi connectivity index (χ3n) is 4.45. The van der Waals surface area contributed by atoms with E-state index in [9.17, 15) is 0 Å². The number of benzene rings is 1. The van der Waals surface area contributed by atoms with Crippen LogP contribution in [0, 0.1) is 5.92 Å². The highest BCUT2D eigenvalue weighted by Gasteiger charge is 2.33. The highest BCUT2D eigenvalue weighted by molar-refractivity contribution is 5.28. The monoisotopic (exact) mass is 229 g/mol. The lowest BCUT2D eigenvalue weighted by molar-refractivity contribution is 0.245. The fourth-order valence-electron chi connectivity index (χ4n) is 2.90. The van der Waals surface area contributed by atoms with Gasteiger partial charge in [-0.3, -0.25) is 0 Å². The smallest absolute Gasteiger partial charge is 0.00683 e. The molecule has 1 aromatic rings. The average molecular weight is 229 g/mol. The van der Waals surface area contributed by atoms with E-state index in [-0.39, 0.29) is 0 Å². The first-order valence-electron chi connectivity index (χ1n) is 7.19. The van der Waals surface area contributed by atoms with Crippen LogP contribution in [0.2, 0.25) is 0 Å². The summed E-state index contributed by atoms with van der Waals surface area (Å²) in [6.45, 7) is 3.48. The molecule has 1 nitrogen and oxygen atoms in total. The first-order chi connectivity index (χ1) is 8.36. The van der Waals surface area contributed by atoms with Crippen molar-refractivity contribution in [2.45, 2.75) is 51.0 Å². The van der Waals surface area contributed by atoms with Crippen molar-refractivity contribution in [1.29, 1.82) is 0 Å². The van der Waals surface area contributed by atoms with Crippen molar-refractivity contribution in [2.75, 3.05) is 6.54 Å². The predicted octanol–water partition coefficient (Wildman–Crippen LogP) is 3.49. The van der Waals surface area contributed by atoms with E-state index in [4.69, 9.17) is 0 Å². The van der Waals surface area contributed by atoms with Crippen LogP contribution in [-0.2, 0) is 6.42 Å². The molecule has 2 atom stereocenters. The molecule has 0 heterocycles. The van der Waals surface area contributed by atoms with Crippen LogP contribution in [0.4, 0.5) is 0 Å². The molecule has 2 aliphatic carbocycles. The summed E-state index contributed by atoms with van der Waals surface area (Å²) >= 11 is 0. The molecule has 0 spiro atoms. The molecule has 3 rings (SSSR count). The molecule has 17 heavy (non-hydrogen) atoms. The lowest BCUT2D eigenvalue weighted by Crippen LogP contribution is -2.34. The normalized spacial score (nSPS) is 27.8. The molecular weight excluding hydrogens is 206 g/mol. The van der Waals surface area contributed by atoms with Crippen LogP contribution in [0.15, 0.2) is 24.3 Å². The number of nitrogens with one attached hydrogen (secondary N) is 1. The highest BCUT2D eigenvalue weighted by Crippen LogP contribution is 2.42. The molecule has 0 bridgehead atoms. The van der Waals surface area contributed by atoms with Crippen LogP contribution < -0.4 is 5.32 Å². The summed E-state index contributed by atoms with van der Waals surface area (Å²) in [5.74, 6) is 1.72. The predicted molar refractivity (Wildman–Crippen MR) is 72.3 cm³/mol.